The number of H-pyrrole nitrogens is 1. The number of hydrogen-bond acceptors (Lipinski definition) is 4. The highest BCUT2D eigenvalue weighted by Crippen LogP contribution is 2.28. The Hall–Kier alpha value is -3.53. The molecule has 2 aromatic carbocycles. The first-order valence-electron chi connectivity index (χ1n) is 8.78. The molecule has 1 aromatic heterocycles. The lowest BCUT2D eigenvalue weighted by Crippen LogP contribution is -2.32. The smallest absolute Gasteiger partial charge is 0.465 e. The van der Waals surface area contributed by atoms with Crippen LogP contribution >= 0.6 is 0 Å². The normalized spacial score (nSPS) is 11.3. The van der Waals surface area contributed by atoms with Crippen LogP contribution in [0.1, 0.15) is 0 Å². The van der Waals surface area contributed by atoms with Crippen LogP contribution in [-0.2, 0) is 4.74 Å². The summed E-state index contributed by atoms with van der Waals surface area (Å²) in [6.07, 6.45) is -4.24. The molecule has 2 N–H and O–H groups in total. The predicted molar refractivity (Wildman–Crippen MR) is 103 cm³/mol. The van der Waals surface area contributed by atoms with Crippen molar-refractivity contribution >= 4 is 11.8 Å². The van der Waals surface area contributed by atoms with Crippen LogP contribution in [-0.4, -0.2) is 47.8 Å². The van der Waals surface area contributed by atoms with E-state index in [1.165, 1.54) is 31.4 Å². The third-order valence-corrected chi connectivity index (χ3v) is 4.14. The van der Waals surface area contributed by atoms with Gasteiger partial charge in [0.2, 0.25) is 0 Å². The molecule has 0 unspecified atom stereocenters. The number of nitrogens with one attached hydrogen (secondary N) is 1. The van der Waals surface area contributed by atoms with Gasteiger partial charge in [0.25, 0.3) is 0 Å². The van der Waals surface area contributed by atoms with Crippen LogP contribution < -0.4 is 9.64 Å². The van der Waals surface area contributed by atoms with Crippen molar-refractivity contribution < 1.29 is 32.5 Å². The van der Waals surface area contributed by atoms with E-state index in [2.05, 4.69) is 14.7 Å². The van der Waals surface area contributed by atoms with Gasteiger partial charge in [-0.3, -0.25) is 4.90 Å². The van der Waals surface area contributed by atoms with E-state index in [-0.39, 0.29) is 18.9 Å². The number of aromatic nitrogens is 2. The molecule has 1 heterocycles. The van der Waals surface area contributed by atoms with Crippen molar-refractivity contribution in [1.29, 1.82) is 0 Å². The van der Waals surface area contributed by atoms with E-state index in [4.69, 9.17) is 4.74 Å². The molecular formula is C20H18F3N3O4. The van der Waals surface area contributed by atoms with Crippen LogP contribution in [0.25, 0.3) is 22.6 Å². The highest BCUT2D eigenvalue weighted by atomic mass is 19.4. The quantitative estimate of drug-likeness (QED) is 0.574. The van der Waals surface area contributed by atoms with Crippen molar-refractivity contribution in [1.82, 2.24) is 9.97 Å². The Bertz CT molecular complexity index is 1000. The van der Waals surface area contributed by atoms with E-state index in [1.54, 1.807) is 30.5 Å². The van der Waals surface area contributed by atoms with Crippen LogP contribution in [0, 0.1) is 0 Å². The second-order valence-corrected chi connectivity index (χ2v) is 6.18. The molecule has 3 rings (SSSR count). The molecular weight excluding hydrogens is 403 g/mol. The van der Waals surface area contributed by atoms with Gasteiger partial charge < -0.3 is 19.6 Å². The topological polar surface area (TPSA) is 87.7 Å². The first-order chi connectivity index (χ1) is 14.3. The lowest BCUT2D eigenvalue weighted by Gasteiger charge is -2.19. The molecule has 0 radical (unpaired) electrons. The minimum atomic E-state index is -4.75. The number of carbonyl (C=O) groups is 1. The summed E-state index contributed by atoms with van der Waals surface area (Å²) in [5.74, 6) is 0.166. The maximum Gasteiger partial charge on any atom is 0.573 e. The zero-order valence-electron chi connectivity index (χ0n) is 15.8. The Morgan fingerprint density at radius 1 is 1.17 bits per heavy atom. The van der Waals surface area contributed by atoms with E-state index in [0.717, 1.165) is 4.90 Å². The van der Waals surface area contributed by atoms with Gasteiger partial charge in [-0.25, -0.2) is 9.78 Å². The fourth-order valence-electron chi connectivity index (χ4n) is 2.78. The summed E-state index contributed by atoms with van der Waals surface area (Å²) in [6.45, 7) is 0.417. The molecule has 0 spiro atoms. The second kappa shape index (κ2) is 8.87. The number of carboxylic acid groups (broad SMARTS) is 1. The number of alkyl halides is 3. The van der Waals surface area contributed by atoms with Crippen molar-refractivity contribution in [2.24, 2.45) is 0 Å². The third-order valence-electron chi connectivity index (χ3n) is 4.14. The number of rotatable bonds is 7. The Kier molecular flexibility index (Phi) is 6.26. The van der Waals surface area contributed by atoms with Crippen LogP contribution in [0.5, 0.6) is 5.75 Å². The number of amides is 1. The van der Waals surface area contributed by atoms with Gasteiger partial charge in [0.05, 0.1) is 18.8 Å². The molecule has 0 saturated heterocycles. The highest BCUT2D eigenvalue weighted by molar-refractivity contribution is 5.87. The fraction of sp³-hybridized carbons (Fsp3) is 0.200. The minimum absolute atomic E-state index is 0.172. The van der Waals surface area contributed by atoms with Gasteiger partial charge in [-0.2, -0.15) is 0 Å². The summed E-state index contributed by atoms with van der Waals surface area (Å²) in [5, 5.41) is 9.43. The lowest BCUT2D eigenvalue weighted by atomic mass is 10.1. The minimum Gasteiger partial charge on any atom is -0.465 e. The molecule has 0 aliphatic rings. The summed E-state index contributed by atoms with van der Waals surface area (Å²) in [7, 11) is 1.49. The molecule has 7 nitrogen and oxygen atoms in total. The number of benzene rings is 2. The van der Waals surface area contributed by atoms with Crippen molar-refractivity contribution in [2.45, 2.75) is 6.36 Å². The molecule has 0 bridgehead atoms. The van der Waals surface area contributed by atoms with Crippen molar-refractivity contribution in [3.63, 3.8) is 0 Å². The predicted octanol–water partition coefficient (Wildman–Crippen LogP) is 4.77. The number of imidazole rings is 1. The maximum absolute atomic E-state index is 12.3. The van der Waals surface area contributed by atoms with Crippen molar-refractivity contribution in [3.8, 4) is 28.4 Å². The Morgan fingerprint density at radius 2 is 1.90 bits per heavy atom. The molecule has 3 aromatic rings. The van der Waals surface area contributed by atoms with Gasteiger partial charge in [0.1, 0.15) is 11.6 Å². The Balaban J connectivity index is 1.81. The summed E-state index contributed by atoms with van der Waals surface area (Å²) in [6, 6.07) is 12.2. The number of nitrogens with zero attached hydrogens (tertiary/aromatic N) is 2. The molecule has 158 valence electrons. The number of halogens is 3. The zero-order valence-corrected chi connectivity index (χ0v) is 15.8. The SMILES string of the molecule is COCCN(C(=O)O)c1cccc(-c2nc(-c3ccc(OC(F)(F)F)cc3)c[nH]2)c1. The Morgan fingerprint density at radius 3 is 2.53 bits per heavy atom. The van der Waals surface area contributed by atoms with E-state index in [9.17, 15) is 23.1 Å². The lowest BCUT2D eigenvalue weighted by molar-refractivity contribution is -0.274. The third kappa shape index (κ3) is 5.29. The molecule has 10 heteroatoms. The second-order valence-electron chi connectivity index (χ2n) is 6.18. The Labute approximate surface area is 169 Å². The molecule has 0 aliphatic heterocycles. The van der Waals surface area contributed by atoms with E-state index >= 15 is 0 Å². The summed E-state index contributed by atoms with van der Waals surface area (Å²) >= 11 is 0. The number of aromatic amines is 1. The number of methoxy groups -OCH3 is 1. The largest absolute Gasteiger partial charge is 0.573 e. The molecule has 1 amide bonds. The van der Waals surface area contributed by atoms with E-state index in [1.807, 2.05) is 0 Å². The van der Waals surface area contributed by atoms with Gasteiger partial charge in [-0.15, -0.1) is 13.2 Å². The summed E-state index contributed by atoms with van der Waals surface area (Å²) in [5.41, 5.74) is 2.22. The van der Waals surface area contributed by atoms with Gasteiger partial charge in [-0.1, -0.05) is 12.1 Å². The number of anilines is 1. The standard InChI is InChI=1S/C20H18F3N3O4/c1-29-10-9-26(19(27)28)15-4-2-3-14(11-15)18-24-12-17(25-18)13-5-7-16(8-6-13)30-20(21,22)23/h2-8,11-12H,9-10H2,1H3,(H,24,25)(H,27,28). The zero-order chi connectivity index (χ0) is 21.7. The average molecular weight is 421 g/mol. The van der Waals surface area contributed by atoms with Crippen LogP contribution in [0.4, 0.5) is 23.7 Å². The van der Waals surface area contributed by atoms with Gasteiger partial charge in [-0.05, 0) is 36.4 Å². The van der Waals surface area contributed by atoms with Crippen LogP contribution in [0.3, 0.4) is 0 Å². The van der Waals surface area contributed by atoms with E-state index in [0.29, 0.717) is 28.3 Å². The number of ether oxygens (including phenoxy) is 2. The molecule has 0 aliphatic carbocycles. The van der Waals surface area contributed by atoms with E-state index < -0.39 is 12.5 Å². The summed E-state index contributed by atoms with van der Waals surface area (Å²) in [4.78, 5) is 20.1. The highest BCUT2D eigenvalue weighted by Gasteiger charge is 2.31. The molecule has 30 heavy (non-hydrogen) atoms. The first kappa shape index (κ1) is 21.2. The van der Waals surface area contributed by atoms with Crippen molar-refractivity contribution in [2.75, 3.05) is 25.2 Å². The molecule has 0 atom stereocenters. The molecule has 0 saturated carbocycles. The van der Waals surface area contributed by atoms with Gasteiger partial charge in [0, 0.05) is 30.1 Å². The summed E-state index contributed by atoms with van der Waals surface area (Å²) < 4.78 is 45.6. The van der Waals surface area contributed by atoms with Crippen LogP contribution in [0.2, 0.25) is 0 Å². The number of hydrogen-bond donors (Lipinski definition) is 2. The van der Waals surface area contributed by atoms with Crippen LogP contribution in [0.15, 0.2) is 54.7 Å². The van der Waals surface area contributed by atoms with Gasteiger partial charge >= 0.3 is 12.5 Å². The van der Waals surface area contributed by atoms with Gasteiger partial charge in [0.15, 0.2) is 0 Å². The fourth-order valence-corrected chi connectivity index (χ4v) is 2.78. The molecule has 0 fully saturated rings. The monoisotopic (exact) mass is 421 g/mol. The first-order valence-corrected chi connectivity index (χ1v) is 8.78. The van der Waals surface area contributed by atoms with Crippen molar-refractivity contribution in [3.05, 3.63) is 54.7 Å². The maximum atomic E-state index is 12.3. The average Bonchev–Trinajstić information content (AvgIpc) is 3.18.